The van der Waals surface area contributed by atoms with Crippen molar-refractivity contribution in [3.05, 3.63) is 0 Å². The first kappa shape index (κ1) is 15.4. The summed E-state index contributed by atoms with van der Waals surface area (Å²) < 4.78 is 0. The Hall–Kier alpha value is -0.610. The van der Waals surface area contributed by atoms with Crippen LogP contribution in [-0.2, 0) is 4.79 Å². The molecule has 0 saturated carbocycles. The smallest absolute Gasteiger partial charge is 0.220 e. The highest BCUT2D eigenvalue weighted by Gasteiger charge is 2.02. The van der Waals surface area contributed by atoms with Crippen molar-refractivity contribution in [3.63, 3.8) is 0 Å². The van der Waals surface area contributed by atoms with Crippen LogP contribution in [0.25, 0.3) is 0 Å². The Labute approximate surface area is 99.0 Å². The fraction of sp³-hybridized carbons (Fsp3) is 0.917. The zero-order valence-electron chi connectivity index (χ0n) is 10.8. The van der Waals surface area contributed by atoms with Crippen LogP contribution >= 0.6 is 0 Å². The lowest BCUT2D eigenvalue weighted by Gasteiger charge is -2.20. The molecule has 0 fully saturated rings. The minimum absolute atomic E-state index is 0.0475. The third kappa shape index (κ3) is 8.68. The molecule has 2 N–H and O–H groups in total. The molecule has 0 aliphatic heterocycles. The average molecular weight is 230 g/mol. The van der Waals surface area contributed by atoms with E-state index in [2.05, 4.69) is 31.1 Å². The number of hydrogen-bond acceptors (Lipinski definition) is 3. The van der Waals surface area contributed by atoms with Gasteiger partial charge in [-0.2, -0.15) is 0 Å². The maximum atomic E-state index is 11.2. The van der Waals surface area contributed by atoms with Crippen LogP contribution in [0.2, 0.25) is 0 Å². The number of aliphatic hydroxyl groups is 1. The summed E-state index contributed by atoms with van der Waals surface area (Å²) in [4.78, 5) is 13.5. The van der Waals surface area contributed by atoms with Gasteiger partial charge >= 0.3 is 0 Å². The van der Waals surface area contributed by atoms with Crippen LogP contribution in [0.15, 0.2) is 0 Å². The predicted octanol–water partition coefficient (Wildman–Crippen LogP) is 0.995. The van der Waals surface area contributed by atoms with Crippen molar-refractivity contribution in [2.45, 2.75) is 45.6 Å². The van der Waals surface area contributed by atoms with Crippen molar-refractivity contribution in [1.82, 2.24) is 10.2 Å². The van der Waals surface area contributed by atoms with Crippen molar-refractivity contribution in [1.29, 1.82) is 0 Å². The van der Waals surface area contributed by atoms with Gasteiger partial charge in [0, 0.05) is 25.6 Å². The van der Waals surface area contributed by atoms with E-state index in [9.17, 15) is 4.79 Å². The van der Waals surface area contributed by atoms with Crippen LogP contribution in [-0.4, -0.2) is 48.7 Å². The van der Waals surface area contributed by atoms with Crippen LogP contribution < -0.4 is 5.32 Å². The normalized spacial score (nSPS) is 11.1. The molecule has 0 heterocycles. The average Bonchev–Trinajstić information content (AvgIpc) is 2.25. The van der Waals surface area contributed by atoms with Crippen molar-refractivity contribution in [2.75, 3.05) is 26.7 Å². The standard InChI is InChI=1S/C12H26N2O2/c1-11(2)14(3)9-5-4-8-13-12(16)7-6-10-15/h11,15H,4-10H2,1-3H3,(H,13,16). The van der Waals surface area contributed by atoms with Gasteiger partial charge in [-0.25, -0.2) is 0 Å². The number of rotatable bonds is 9. The van der Waals surface area contributed by atoms with Crippen molar-refractivity contribution in [3.8, 4) is 0 Å². The first-order chi connectivity index (χ1) is 7.57. The van der Waals surface area contributed by atoms with E-state index < -0.39 is 0 Å². The summed E-state index contributed by atoms with van der Waals surface area (Å²) in [5.74, 6) is 0.0475. The summed E-state index contributed by atoms with van der Waals surface area (Å²) in [5.41, 5.74) is 0. The third-order valence-electron chi connectivity index (χ3n) is 2.70. The highest BCUT2D eigenvalue weighted by atomic mass is 16.3. The molecule has 0 aromatic heterocycles. The van der Waals surface area contributed by atoms with Crippen LogP contribution in [0.1, 0.15) is 39.5 Å². The van der Waals surface area contributed by atoms with Gasteiger partial charge in [0.25, 0.3) is 0 Å². The molecule has 16 heavy (non-hydrogen) atoms. The Balaban J connectivity index is 3.30. The maximum absolute atomic E-state index is 11.2. The first-order valence-corrected chi connectivity index (χ1v) is 6.15. The van der Waals surface area contributed by atoms with Crippen LogP contribution in [0.5, 0.6) is 0 Å². The molecule has 0 bridgehead atoms. The summed E-state index contributed by atoms with van der Waals surface area (Å²) in [6.07, 6.45) is 3.11. The van der Waals surface area contributed by atoms with E-state index in [0.717, 1.165) is 25.9 Å². The van der Waals surface area contributed by atoms with E-state index >= 15 is 0 Å². The SMILES string of the molecule is CC(C)N(C)CCCCNC(=O)CCCO. The number of amides is 1. The summed E-state index contributed by atoms with van der Waals surface area (Å²) >= 11 is 0. The largest absolute Gasteiger partial charge is 0.396 e. The van der Waals surface area contributed by atoms with Gasteiger partial charge in [-0.05, 0) is 46.7 Å². The number of unbranched alkanes of at least 4 members (excludes halogenated alkanes) is 1. The molecule has 1 amide bonds. The van der Waals surface area contributed by atoms with E-state index in [4.69, 9.17) is 5.11 Å². The van der Waals surface area contributed by atoms with Gasteiger partial charge in [-0.3, -0.25) is 4.79 Å². The van der Waals surface area contributed by atoms with Gasteiger partial charge in [-0.15, -0.1) is 0 Å². The van der Waals surface area contributed by atoms with Gasteiger partial charge in [0.05, 0.1) is 0 Å². The topological polar surface area (TPSA) is 52.6 Å². The molecule has 4 heteroatoms. The lowest BCUT2D eigenvalue weighted by molar-refractivity contribution is -0.121. The molecule has 0 radical (unpaired) electrons. The number of hydrogen-bond donors (Lipinski definition) is 2. The highest BCUT2D eigenvalue weighted by molar-refractivity contribution is 5.75. The monoisotopic (exact) mass is 230 g/mol. The molecule has 0 aromatic rings. The molecule has 0 aliphatic rings. The Morgan fingerprint density at radius 3 is 2.56 bits per heavy atom. The fourth-order valence-corrected chi connectivity index (χ4v) is 1.30. The molecule has 0 rings (SSSR count). The second-order valence-corrected chi connectivity index (χ2v) is 4.46. The second kappa shape index (κ2) is 9.60. The predicted molar refractivity (Wildman–Crippen MR) is 66.3 cm³/mol. The van der Waals surface area contributed by atoms with Crippen molar-refractivity contribution in [2.24, 2.45) is 0 Å². The first-order valence-electron chi connectivity index (χ1n) is 6.15. The van der Waals surface area contributed by atoms with E-state index in [1.54, 1.807) is 0 Å². The molecule has 0 unspecified atom stereocenters. The van der Waals surface area contributed by atoms with E-state index in [0.29, 0.717) is 18.9 Å². The third-order valence-corrected chi connectivity index (χ3v) is 2.70. The Kier molecular flexibility index (Phi) is 9.24. The molecule has 0 atom stereocenters. The zero-order chi connectivity index (χ0) is 12.4. The van der Waals surface area contributed by atoms with E-state index in [1.165, 1.54) is 0 Å². The number of nitrogens with zero attached hydrogens (tertiary/aromatic N) is 1. The van der Waals surface area contributed by atoms with Gasteiger partial charge in [0.15, 0.2) is 0 Å². The van der Waals surface area contributed by atoms with Crippen LogP contribution in [0, 0.1) is 0 Å². The second-order valence-electron chi connectivity index (χ2n) is 4.46. The number of carbonyl (C=O) groups is 1. The van der Waals surface area contributed by atoms with Gasteiger partial charge in [0.2, 0.25) is 5.91 Å². The van der Waals surface area contributed by atoms with E-state index in [1.807, 2.05) is 0 Å². The summed E-state index contributed by atoms with van der Waals surface area (Å²) in [7, 11) is 2.12. The number of nitrogens with one attached hydrogen (secondary N) is 1. The van der Waals surface area contributed by atoms with Gasteiger partial charge in [-0.1, -0.05) is 0 Å². The van der Waals surface area contributed by atoms with Crippen LogP contribution in [0.3, 0.4) is 0 Å². The minimum Gasteiger partial charge on any atom is -0.396 e. The summed E-state index contributed by atoms with van der Waals surface area (Å²) in [6.45, 7) is 6.26. The molecule has 96 valence electrons. The van der Waals surface area contributed by atoms with E-state index in [-0.39, 0.29) is 12.5 Å². The van der Waals surface area contributed by atoms with Crippen LogP contribution in [0.4, 0.5) is 0 Å². The molecule has 0 saturated heterocycles. The van der Waals surface area contributed by atoms with Crippen molar-refractivity contribution < 1.29 is 9.90 Å². The Morgan fingerprint density at radius 2 is 2.00 bits per heavy atom. The van der Waals surface area contributed by atoms with Crippen molar-refractivity contribution >= 4 is 5.91 Å². The molecular formula is C12H26N2O2. The lowest BCUT2D eigenvalue weighted by atomic mass is 10.2. The maximum Gasteiger partial charge on any atom is 0.220 e. The highest BCUT2D eigenvalue weighted by Crippen LogP contribution is 1.97. The molecular weight excluding hydrogens is 204 g/mol. The molecule has 0 spiro atoms. The number of aliphatic hydroxyl groups excluding tert-OH is 1. The number of carbonyl (C=O) groups excluding carboxylic acids is 1. The molecule has 0 aromatic carbocycles. The van der Waals surface area contributed by atoms with Gasteiger partial charge < -0.3 is 15.3 Å². The lowest BCUT2D eigenvalue weighted by Crippen LogP contribution is -2.29. The Bertz CT molecular complexity index is 184. The Morgan fingerprint density at radius 1 is 1.31 bits per heavy atom. The molecule has 4 nitrogen and oxygen atoms in total. The molecule has 0 aliphatic carbocycles. The summed E-state index contributed by atoms with van der Waals surface area (Å²) in [5, 5.41) is 11.4. The summed E-state index contributed by atoms with van der Waals surface area (Å²) in [6, 6.07) is 0.583. The zero-order valence-corrected chi connectivity index (χ0v) is 10.8. The van der Waals surface area contributed by atoms with Gasteiger partial charge in [0.1, 0.15) is 0 Å². The quantitative estimate of drug-likeness (QED) is 0.581. The minimum atomic E-state index is 0.0475. The fourth-order valence-electron chi connectivity index (χ4n) is 1.30.